The van der Waals surface area contributed by atoms with Crippen molar-refractivity contribution in [1.29, 1.82) is 0 Å². The van der Waals surface area contributed by atoms with Gasteiger partial charge in [0.05, 0.1) is 6.17 Å². The smallest absolute Gasteiger partial charge is 0.410 e. The third-order valence-electron chi connectivity index (χ3n) is 3.50. The Morgan fingerprint density at radius 1 is 1.14 bits per heavy atom. The maximum atomic E-state index is 12.0. The zero-order chi connectivity index (χ0) is 15.5. The molecule has 1 saturated heterocycles. The zero-order valence-electron chi connectivity index (χ0n) is 13.1. The molecule has 2 rings (SSSR count). The van der Waals surface area contributed by atoms with Crippen LogP contribution in [0.25, 0.3) is 0 Å². The summed E-state index contributed by atoms with van der Waals surface area (Å²) in [5, 5.41) is 0. The Kier molecular flexibility index (Phi) is 4.85. The largest absolute Gasteiger partial charge is 0.444 e. The summed E-state index contributed by atoms with van der Waals surface area (Å²) in [4.78, 5) is 16.0. The number of carbonyl (C=O) groups is 1. The summed E-state index contributed by atoms with van der Waals surface area (Å²) in [7, 11) is 0. The lowest BCUT2D eigenvalue weighted by Crippen LogP contribution is -2.52. The van der Waals surface area contributed by atoms with Gasteiger partial charge in [-0.15, -0.1) is 0 Å². The molecule has 1 unspecified atom stereocenters. The SMILES string of the molecule is CC(C)(C)OC(=O)N1CCN(C(N)c2ccccc2)CC1. The second kappa shape index (κ2) is 6.45. The molecular formula is C16H25N3O2. The first-order valence-electron chi connectivity index (χ1n) is 7.39. The first kappa shape index (κ1) is 15.8. The summed E-state index contributed by atoms with van der Waals surface area (Å²) in [6.45, 7) is 8.46. The highest BCUT2D eigenvalue weighted by molar-refractivity contribution is 5.68. The van der Waals surface area contributed by atoms with Gasteiger partial charge in [0.2, 0.25) is 0 Å². The third-order valence-corrected chi connectivity index (χ3v) is 3.50. The molecule has 1 amide bonds. The number of benzene rings is 1. The highest BCUT2D eigenvalue weighted by atomic mass is 16.6. The van der Waals surface area contributed by atoms with Crippen LogP contribution >= 0.6 is 0 Å². The Hall–Kier alpha value is -1.59. The number of carbonyl (C=O) groups excluding carboxylic acids is 1. The fourth-order valence-electron chi connectivity index (χ4n) is 2.37. The molecule has 1 aromatic rings. The van der Waals surface area contributed by atoms with Crippen LogP contribution in [0.2, 0.25) is 0 Å². The zero-order valence-corrected chi connectivity index (χ0v) is 13.1. The normalized spacial score (nSPS) is 18.4. The van der Waals surface area contributed by atoms with Crippen molar-refractivity contribution in [2.24, 2.45) is 5.73 Å². The van der Waals surface area contributed by atoms with Crippen LogP contribution in [0.3, 0.4) is 0 Å². The van der Waals surface area contributed by atoms with E-state index in [-0.39, 0.29) is 12.3 Å². The first-order valence-corrected chi connectivity index (χ1v) is 7.39. The van der Waals surface area contributed by atoms with Gasteiger partial charge in [0.1, 0.15) is 5.60 Å². The number of rotatable bonds is 2. The van der Waals surface area contributed by atoms with Crippen molar-refractivity contribution in [1.82, 2.24) is 9.80 Å². The van der Waals surface area contributed by atoms with Crippen molar-refractivity contribution in [2.45, 2.75) is 32.5 Å². The van der Waals surface area contributed by atoms with E-state index >= 15 is 0 Å². The van der Waals surface area contributed by atoms with Gasteiger partial charge in [0.25, 0.3) is 0 Å². The van der Waals surface area contributed by atoms with E-state index in [1.54, 1.807) is 4.90 Å². The molecule has 5 heteroatoms. The van der Waals surface area contributed by atoms with Gasteiger partial charge in [0.15, 0.2) is 0 Å². The molecule has 0 aromatic heterocycles. The average Bonchev–Trinajstić information content (AvgIpc) is 2.46. The molecule has 0 radical (unpaired) electrons. The van der Waals surface area contributed by atoms with Crippen molar-refractivity contribution in [3.8, 4) is 0 Å². The summed E-state index contributed by atoms with van der Waals surface area (Å²) >= 11 is 0. The third kappa shape index (κ3) is 4.44. The van der Waals surface area contributed by atoms with E-state index in [9.17, 15) is 4.79 Å². The minimum absolute atomic E-state index is 0.119. The number of piperazine rings is 1. The Bertz CT molecular complexity index is 462. The van der Waals surface area contributed by atoms with E-state index < -0.39 is 5.60 Å². The van der Waals surface area contributed by atoms with Crippen LogP contribution < -0.4 is 5.73 Å². The van der Waals surface area contributed by atoms with E-state index in [1.165, 1.54) is 0 Å². The van der Waals surface area contributed by atoms with Crippen molar-refractivity contribution >= 4 is 6.09 Å². The topological polar surface area (TPSA) is 58.8 Å². The molecule has 0 aliphatic carbocycles. The van der Waals surface area contributed by atoms with Crippen molar-refractivity contribution < 1.29 is 9.53 Å². The number of hydrogen-bond donors (Lipinski definition) is 1. The molecule has 1 atom stereocenters. The lowest BCUT2D eigenvalue weighted by Gasteiger charge is -2.38. The predicted octanol–water partition coefficient (Wildman–Crippen LogP) is 2.20. The van der Waals surface area contributed by atoms with Gasteiger partial charge in [-0.1, -0.05) is 30.3 Å². The fraction of sp³-hybridized carbons (Fsp3) is 0.562. The molecule has 0 saturated carbocycles. The Balaban J connectivity index is 1.87. The molecule has 5 nitrogen and oxygen atoms in total. The first-order chi connectivity index (χ1) is 9.87. The molecule has 0 spiro atoms. The Labute approximate surface area is 126 Å². The maximum absolute atomic E-state index is 12.0. The van der Waals surface area contributed by atoms with Gasteiger partial charge in [-0.3, -0.25) is 4.90 Å². The van der Waals surface area contributed by atoms with Gasteiger partial charge in [-0.2, -0.15) is 0 Å². The van der Waals surface area contributed by atoms with Crippen LogP contribution in [-0.4, -0.2) is 47.7 Å². The van der Waals surface area contributed by atoms with Gasteiger partial charge in [-0.25, -0.2) is 4.79 Å². The summed E-state index contributed by atoms with van der Waals surface area (Å²) in [6, 6.07) is 10.0. The lowest BCUT2D eigenvalue weighted by molar-refractivity contribution is 0.0104. The lowest BCUT2D eigenvalue weighted by atomic mass is 10.1. The van der Waals surface area contributed by atoms with Crippen LogP contribution in [0.15, 0.2) is 30.3 Å². The quantitative estimate of drug-likeness (QED) is 0.907. The highest BCUT2D eigenvalue weighted by Crippen LogP contribution is 2.18. The van der Waals surface area contributed by atoms with Crippen LogP contribution in [0.1, 0.15) is 32.5 Å². The summed E-state index contributed by atoms with van der Waals surface area (Å²) < 4.78 is 5.39. The van der Waals surface area contributed by atoms with E-state index in [4.69, 9.17) is 10.5 Å². The van der Waals surface area contributed by atoms with Crippen LogP contribution in [0.4, 0.5) is 4.79 Å². The molecule has 1 aromatic carbocycles. The fourth-order valence-corrected chi connectivity index (χ4v) is 2.37. The summed E-state index contributed by atoms with van der Waals surface area (Å²) in [5.74, 6) is 0. The van der Waals surface area contributed by atoms with Gasteiger partial charge in [-0.05, 0) is 26.3 Å². The number of nitrogens with zero attached hydrogens (tertiary/aromatic N) is 2. The van der Waals surface area contributed by atoms with Crippen molar-refractivity contribution in [2.75, 3.05) is 26.2 Å². The van der Waals surface area contributed by atoms with Crippen LogP contribution in [0, 0.1) is 0 Å². The molecule has 1 aliphatic heterocycles. The molecule has 2 N–H and O–H groups in total. The second-order valence-electron chi connectivity index (χ2n) is 6.36. The molecule has 0 bridgehead atoms. The highest BCUT2D eigenvalue weighted by Gasteiger charge is 2.27. The van der Waals surface area contributed by atoms with Gasteiger partial charge in [0, 0.05) is 26.2 Å². The van der Waals surface area contributed by atoms with E-state index in [2.05, 4.69) is 4.90 Å². The predicted molar refractivity (Wildman–Crippen MR) is 82.8 cm³/mol. The Morgan fingerprint density at radius 3 is 2.24 bits per heavy atom. The molecule has 21 heavy (non-hydrogen) atoms. The number of ether oxygens (including phenoxy) is 1. The van der Waals surface area contributed by atoms with E-state index in [0.29, 0.717) is 13.1 Å². The van der Waals surface area contributed by atoms with E-state index in [0.717, 1.165) is 18.7 Å². The maximum Gasteiger partial charge on any atom is 0.410 e. The molecule has 1 heterocycles. The minimum atomic E-state index is -0.450. The summed E-state index contributed by atoms with van der Waals surface area (Å²) in [5.41, 5.74) is 6.93. The molecule has 116 valence electrons. The monoisotopic (exact) mass is 291 g/mol. The average molecular weight is 291 g/mol. The molecule has 1 aliphatic rings. The second-order valence-corrected chi connectivity index (χ2v) is 6.36. The number of nitrogens with two attached hydrogens (primary N) is 1. The summed E-state index contributed by atoms with van der Waals surface area (Å²) in [6.07, 6.45) is -0.359. The molecule has 1 fully saturated rings. The minimum Gasteiger partial charge on any atom is -0.444 e. The van der Waals surface area contributed by atoms with Crippen molar-refractivity contribution in [3.63, 3.8) is 0 Å². The van der Waals surface area contributed by atoms with E-state index in [1.807, 2.05) is 51.1 Å². The van der Waals surface area contributed by atoms with Crippen molar-refractivity contribution in [3.05, 3.63) is 35.9 Å². The van der Waals surface area contributed by atoms with Crippen LogP contribution in [0.5, 0.6) is 0 Å². The van der Waals surface area contributed by atoms with Gasteiger partial charge < -0.3 is 15.4 Å². The van der Waals surface area contributed by atoms with Gasteiger partial charge >= 0.3 is 6.09 Å². The Morgan fingerprint density at radius 2 is 1.71 bits per heavy atom. The number of amides is 1. The standard InChI is InChI=1S/C16H25N3O2/c1-16(2,3)21-15(20)19-11-9-18(10-12-19)14(17)13-7-5-4-6-8-13/h4-8,14H,9-12,17H2,1-3H3. The number of hydrogen-bond acceptors (Lipinski definition) is 4. The van der Waals surface area contributed by atoms with Crippen LogP contribution in [-0.2, 0) is 4.74 Å². The molecular weight excluding hydrogens is 266 g/mol.